The number of rotatable bonds is 8. The molecule has 0 aliphatic heterocycles. The lowest BCUT2D eigenvalue weighted by molar-refractivity contribution is 0.204. The molecule has 0 fully saturated rings. The zero-order valence-electron chi connectivity index (χ0n) is 11.1. The molecule has 0 saturated carbocycles. The summed E-state index contributed by atoms with van der Waals surface area (Å²) in [5.74, 6) is -0.759. The summed E-state index contributed by atoms with van der Waals surface area (Å²) in [4.78, 5) is -0.334. The zero-order valence-corrected chi connectivity index (χ0v) is 11.9. The molecule has 0 spiro atoms. The van der Waals surface area contributed by atoms with Crippen LogP contribution in [0.2, 0.25) is 0 Å². The Kier molecular flexibility index (Phi) is 6.36. The number of ether oxygens (including phenoxy) is 1. The lowest BCUT2D eigenvalue weighted by Gasteiger charge is -2.09. The molecule has 0 aromatic heterocycles. The van der Waals surface area contributed by atoms with Crippen LogP contribution in [0.15, 0.2) is 23.1 Å². The Morgan fingerprint density at radius 1 is 1.37 bits per heavy atom. The topological polar surface area (TPSA) is 67.4 Å². The van der Waals surface area contributed by atoms with Crippen LogP contribution in [0.1, 0.15) is 12.5 Å². The Bertz CT molecular complexity index is 506. The predicted molar refractivity (Wildman–Crippen MR) is 70.8 cm³/mol. The molecular weight excluding hydrogens is 271 g/mol. The molecule has 0 bridgehead atoms. The van der Waals surface area contributed by atoms with Gasteiger partial charge in [-0.25, -0.2) is 17.5 Å². The van der Waals surface area contributed by atoms with E-state index in [2.05, 4.69) is 10.0 Å². The van der Waals surface area contributed by atoms with E-state index < -0.39 is 15.8 Å². The molecule has 7 heteroatoms. The average molecular weight is 290 g/mol. The van der Waals surface area contributed by atoms with Crippen LogP contribution in [0.4, 0.5) is 4.39 Å². The third kappa shape index (κ3) is 4.87. The molecule has 108 valence electrons. The van der Waals surface area contributed by atoms with Crippen LogP contribution in [0.3, 0.4) is 0 Å². The average Bonchev–Trinajstić information content (AvgIpc) is 2.37. The molecule has 0 aliphatic rings. The summed E-state index contributed by atoms with van der Waals surface area (Å²) in [6.07, 6.45) is 0. The number of halogens is 1. The minimum atomic E-state index is -3.84. The third-order valence-corrected chi connectivity index (χ3v) is 3.94. The van der Waals surface area contributed by atoms with E-state index in [1.165, 1.54) is 13.2 Å². The number of sulfonamides is 1. The standard InChI is InChI=1S/C12H19FN2O3S/c1-3-14-9-10-4-5-11(13)12(8-10)19(16,17)15-6-7-18-2/h4-5,8,14-15H,3,6-7,9H2,1-2H3. The lowest BCUT2D eigenvalue weighted by Crippen LogP contribution is -2.28. The molecule has 2 N–H and O–H groups in total. The number of nitrogens with one attached hydrogen (secondary N) is 2. The summed E-state index contributed by atoms with van der Waals surface area (Å²) >= 11 is 0. The number of hydrogen-bond donors (Lipinski definition) is 2. The van der Waals surface area contributed by atoms with Gasteiger partial charge in [-0.2, -0.15) is 0 Å². The Morgan fingerprint density at radius 2 is 2.11 bits per heavy atom. The Balaban J connectivity index is 2.91. The van der Waals surface area contributed by atoms with Crippen molar-refractivity contribution in [2.24, 2.45) is 0 Å². The second kappa shape index (κ2) is 7.54. The number of methoxy groups -OCH3 is 1. The van der Waals surface area contributed by atoms with Gasteiger partial charge >= 0.3 is 0 Å². The Hall–Kier alpha value is -1.02. The molecule has 0 saturated heterocycles. The van der Waals surface area contributed by atoms with Crippen molar-refractivity contribution < 1.29 is 17.5 Å². The van der Waals surface area contributed by atoms with Crippen LogP contribution in [0, 0.1) is 5.82 Å². The van der Waals surface area contributed by atoms with Gasteiger partial charge in [0.25, 0.3) is 0 Å². The molecule has 0 atom stereocenters. The van der Waals surface area contributed by atoms with Crippen molar-refractivity contribution >= 4 is 10.0 Å². The van der Waals surface area contributed by atoms with E-state index in [-0.39, 0.29) is 18.0 Å². The first kappa shape index (κ1) is 16.0. The van der Waals surface area contributed by atoms with Crippen molar-refractivity contribution in [1.82, 2.24) is 10.0 Å². The summed E-state index contributed by atoms with van der Waals surface area (Å²) in [5.41, 5.74) is 0.718. The van der Waals surface area contributed by atoms with Gasteiger partial charge in [0.05, 0.1) is 6.61 Å². The molecule has 5 nitrogen and oxygen atoms in total. The lowest BCUT2D eigenvalue weighted by atomic mass is 10.2. The maximum absolute atomic E-state index is 13.6. The van der Waals surface area contributed by atoms with E-state index >= 15 is 0 Å². The fourth-order valence-electron chi connectivity index (χ4n) is 1.49. The van der Waals surface area contributed by atoms with E-state index in [4.69, 9.17) is 4.74 Å². The first-order valence-electron chi connectivity index (χ1n) is 5.99. The minimum absolute atomic E-state index is 0.107. The monoisotopic (exact) mass is 290 g/mol. The van der Waals surface area contributed by atoms with Gasteiger partial charge in [0, 0.05) is 20.2 Å². The molecule has 19 heavy (non-hydrogen) atoms. The third-order valence-electron chi connectivity index (χ3n) is 2.46. The maximum Gasteiger partial charge on any atom is 0.243 e. The largest absolute Gasteiger partial charge is 0.383 e. The van der Waals surface area contributed by atoms with Gasteiger partial charge in [0.1, 0.15) is 10.7 Å². The van der Waals surface area contributed by atoms with Gasteiger partial charge in [-0.1, -0.05) is 13.0 Å². The molecule has 1 aromatic carbocycles. The highest BCUT2D eigenvalue weighted by Crippen LogP contribution is 2.16. The van der Waals surface area contributed by atoms with Gasteiger partial charge in [0.15, 0.2) is 0 Å². The smallest absolute Gasteiger partial charge is 0.243 e. The molecule has 1 rings (SSSR count). The van der Waals surface area contributed by atoms with Gasteiger partial charge in [0.2, 0.25) is 10.0 Å². The second-order valence-corrected chi connectivity index (χ2v) is 5.67. The molecular formula is C12H19FN2O3S. The fourth-order valence-corrected chi connectivity index (χ4v) is 2.63. The highest BCUT2D eigenvalue weighted by Gasteiger charge is 2.18. The minimum Gasteiger partial charge on any atom is -0.383 e. The van der Waals surface area contributed by atoms with E-state index in [9.17, 15) is 12.8 Å². The maximum atomic E-state index is 13.6. The molecule has 0 unspecified atom stereocenters. The van der Waals surface area contributed by atoms with Crippen LogP contribution in [-0.2, 0) is 21.3 Å². The first-order chi connectivity index (χ1) is 9.01. The molecule has 0 heterocycles. The molecule has 0 amide bonds. The first-order valence-corrected chi connectivity index (χ1v) is 7.47. The summed E-state index contributed by atoms with van der Waals surface area (Å²) in [5, 5.41) is 3.06. The SMILES string of the molecule is CCNCc1ccc(F)c(S(=O)(=O)NCCOC)c1. The molecule has 1 aromatic rings. The molecule has 0 radical (unpaired) electrons. The van der Waals surface area contributed by atoms with Crippen molar-refractivity contribution in [3.8, 4) is 0 Å². The normalized spacial score (nSPS) is 11.7. The molecule has 0 aliphatic carbocycles. The zero-order chi connectivity index (χ0) is 14.3. The van der Waals surface area contributed by atoms with E-state index in [1.54, 1.807) is 6.07 Å². The summed E-state index contributed by atoms with van der Waals surface area (Å²) in [7, 11) is -2.38. The quantitative estimate of drug-likeness (QED) is 0.697. The Labute approximate surface area is 113 Å². The highest BCUT2D eigenvalue weighted by molar-refractivity contribution is 7.89. The van der Waals surface area contributed by atoms with Crippen molar-refractivity contribution in [3.05, 3.63) is 29.6 Å². The van der Waals surface area contributed by atoms with Crippen LogP contribution in [0.25, 0.3) is 0 Å². The van der Waals surface area contributed by atoms with E-state index in [0.717, 1.165) is 18.2 Å². The van der Waals surface area contributed by atoms with Gasteiger partial charge in [-0.05, 0) is 24.2 Å². The van der Waals surface area contributed by atoms with Crippen molar-refractivity contribution in [2.75, 3.05) is 26.8 Å². The second-order valence-electron chi connectivity index (χ2n) is 3.94. The van der Waals surface area contributed by atoms with Gasteiger partial charge < -0.3 is 10.1 Å². The number of benzene rings is 1. The summed E-state index contributed by atoms with van der Waals surface area (Å²) in [6.45, 7) is 3.53. The van der Waals surface area contributed by atoms with E-state index in [0.29, 0.717) is 6.54 Å². The predicted octanol–water partition coefficient (Wildman–Crippen LogP) is 0.860. The fraction of sp³-hybridized carbons (Fsp3) is 0.500. The van der Waals surface area contributed by atoms with Gasteiger partial charge in [-0.15, -0.1) is 0 Å². The van der Waals surface area contributed by atoms with Crippen LogP contribution in [-0.4, -0.2) is 35.2 Å². The van der Waals surface area contributed by atoms with Crippen LogP contribution >= 0.6 is 0 Å². The van der Waals surface area contributed by atoms with Gasteiger partial charge in [-0.3, -0.25) is 0 Å². The van der Waals surface area contributed by atoms with Crippen molar-refractivity contribution in [3.63, 3.8) is 0 Å². The number of hydrogen-bond acceptors (Lipinski definition) is 4. The van der Waals surface area contributed by atoms with Crippen molar-refractivity contribution in [1.29, 1.82) is 0 Å². The Morgan fingerprint density at radius 3 is 2.74 bits per heavy atom. The summed E-state index contributed by atoms with van der Waals surface area (Å²) < 4.78 is 44.5. The van der Waals surface area contributed by atoms with Crippen molar-refractivity contribution in [2.45, 2.75) is 18.4 Å². The summed E-state index contributed by atoms with van der Waals surface area (Å²) in [6, 6.07) is 4.07. The van der Waals surface area contributed by atoms with E-state index in [1.807, 2.05) is 6.92 Å². The highest BCUT2D eigenvalue weighted by atomic mass is 32.2. The van der Waals surface area contributed by atoms with Crippen LogP contribution in [0.5, 0.6) is 0 Å². The van der Waals surface area contributed by atoms with Crippen LogP contribution < -0.4 is 10.0 Å².